The summed E-state index contributed by atoms with van der Waals surface area (Å²) in [6, 6.07) is 0. The molecule has 0 aliphatic carbocycles. The summed E-state index contributed by atoms with van der Waals surface area (Å²) in [5.41, 5.74) is 0.804. The van der Waals surface area contributed by atoms with Gasteiger partial charge < -0.3 is 0 Å². The summed E-state index contributed by atoms with van der Waals surface area (Å²) in [7, 11) is 0. The molecule has 4 nitrogen and oxygen atoms in total. The van der Waals surface area contributed by atoms with Gasteiger partial charge in [-0.2, -0.15) is 5.10 Å². The highest BCUT2D eigenvalue weighted by molar-refractivity contribution is 6.33. The minimum absolute atomic E-state index is 0.463. The molecule has 0 spiro atoms. The molecular weight excluding hydrogens is 200 g/mol. The van der Waals surface area contributed by atoms with Gasteiger partial charge in [-0.3, -0.25) is 0 Å². The summed E-state index contributed by atoms with van der Waals surface area (Å²) >= 11 is 5.90. The predicted molar refractivity (Wildman–Crippen MR) is 55.2 cm³/mol. The maximum Gasteiger partial charge on any atom is 0.162 e. The van der Waals surface area contributed by atoms with Gasteiger partial charge in [0.2, 0.25) is 0 Å². The van der Waals surface area contributed by atoms with Crippen LogP contribution < -0.4 is 0 Å². The average molecular weight is 211 g/mol. The largest absolute Gasteiger partial charge is 0.247 e. The molecule has 0 amide bonds. The number of fused-ring (bicyclic) bond motifs is 1. The Morgan fingerprint density at radius 3 is 2.93 bits per heavy atom. The Morgan fingerprint density at radius 1 is 1.43 bits per heavy atom. The van der Waals surface area contributed by atoms with E-state index in [1.54, 1.807) is 6.20 Å². The molecule has 0 saturated carbocycles. The lowest BCUT2D eigenvalue weighted by Gasteiger charge is -2.04. The first kappa shape index (κ1) is 9.40. The van der Waals surface area contributed by atoms with Crippen molar-refractivity contribution in [2.24, 2.45) is 5.92 Å². The summed E-state index contributed by atoms with van der Waals surface area (Å²) in [6.45, 7) is 5.11. The van der Waals surface area contributed by atoms with Crippen molar-refractivity contribution in [2.45, 2.75) is 20.4 Å². The topological polar surface area (TPSA) is 43.6 Å². The molecule has 0 aliphatic heterocycles. The Balaban J connectivity index is 2.52. The van der Waals surface area contributed by atoms with E-state index in [-0.39, 0.29) is 0 Å². The molecule has 0 saturated heterocycles. The minimum atomic E-state index is 0.463. The molecule has 0 fully saturated rings. The van der Waals surface area contributed by atoms with Crippen molar-refractivity contribution in [1.29, 1.82) is 0 Å². The molecule has 0 unspecified atom stereocenters. The van der Waals surface area contributed by atoms with E-state index in [0.29, 0.717) is 11.1 Å². The summed E-state index contributed by atoms with van der Waals surface area (Å²) in [5.74, 6) is 0.534. The van der Waals surface area contributed by atoms with Crippen LogP contribution in [0, 0.1) is 5.92 Å². The summed E-state index contributed by atoms with van der Waals surface area (Å²) in [5, 5.41) is 5.50. The molecule has 0 radical (unpaired) electrons. The molecule has 2 aromatic rings. The van der Waals surface area contributed by atoms with Crippen LogP contribution in [0.4, 0.5) is 0 Å². The van der Waals surface area contributed by atoms with Crippen LogP contribution in [-0.2, 0) is 6.54 Å². The van der Waals surface area contributed by atoms with E-state index in [2.05, 4.69) is 28.9 Å². The van der Waals surface area contributed by atoms with Gasteiger partial charge in [-0.05, 0) is 5.92 Å². The van der Waals surface area contributed by atoms with Gasteiger partial charge in [0, 0.05) is 6.54 Å². The fourth-order valence-electron chi connectivity index (χ4n) is 1.34. The van der Waals surface area contributed by atoms with Crippen LogP contribution in [0.2, 0.25) is 5.15 Å². The maximum atomic E-state index is 5.90. The molecular formula is C9H11ClN4. The van der Waals surface area contributed by atoms with Crippen molar-refractivity contribution >= 4 is 22.6 Å². The predicted octanol–water partition coefficient (Wildman–Crippen LogP) is 2.14. The van der Waals surface area contributed by atoms with Gasteiger partial charge in [0.05, 0.1) is 11.6 Å². The monoisotopic (exact) mass is 210 g/mol. The number of nitrogens with zero attached hydrogens (tertiary/aromatic N) is 4. The number of halogens is 1. The normalized spacial score (nSPS) is 11.4. The van der Waals surface area contributed by atoms with Crippen LogP contribution >= 0.6 is 11.6 Å². The lowest BCUT2D eigenvalue weighted by Crippen LogP contribution is -2.06. The highest BCUT2D eigenvalue weighted by Gasteiger charge is 2.08. The van der Waals surface area contributed by atoms with E-state index in [0.717, 1.165) is 17.6 Å². The second kappa shape index (κ2) is 3.53. The molecule has 0 bridgehead atoms. The quantitative estimate of drug-likeness (QED) is 0.714. The van der Waals surface area contributed by atoms with Gasteiger partial charge in [0.25, 0.3) is 0 Å². The molecule has 0 aromatic carbocycles. The highest BCUT2D eigenvalue weighted by atomic mass is 35.5. The van der Waals surface area contributed by atoms with Crippen LogP contribution in [-0.4, -0.2) is 19.7 Å². The lowest BCUT2D eigenvalue weighted by molar-refractivity contribution is 0.492. The Bertz CT molecular complexity index is 449. The average Bonchev–Trinajstić information content (AvgIpc) is 2.49. The van der Waals surface area contributed by atoms with Gasteiger partial charge in [-0.25, -0.2) is 14.6 Å². The van der Waals surface area contributed by atoms with E-state index >= 15 is 0 Å². The van der Waals surface area contributed by atoms with Crippen LogP contribution in [0.15, 0.2) is 12.5 Å². The zero-order valence-corrected chi connectivity index (χ0v) is 8.86. The summed E-state index contributed by atoms with van der Waals surface area (Å²) in [4.78, 5) is 8.06. The van der Waals surface area contributed by atoms with Gasteiger partial charge in [0.1, 0.15) is 11.5 Å². The molecule has 2 aromatic heterocycles. The number of rotatable bonds is 2. The first-order valence-electron chi connectivity index (χ1n) is 4.50. The molecule has 0 N–H and O–H groups in total. The zero-order valence-electron chi connectivity index (χ0n) is 8.11. The van der Waals surface area contributed by atoms with Crippen molar-refractivity contribution < 1.29 is 0 Å². The lowest BCUT2D eigenvalue weighted by atomic mass is 10.2. The molecule has 5 heteroatoms. The van der Waals surface area contributed by atoms with Gasteiger partial charge in [0.15, 0.2) is 5.65 Å². The van der Waals surface area contributed by atoms with Gasteiger partial charge in [-0.15, -0.1) is 0 Å². The summed E-state index contributed by atoms with van der Waals surface area (Å²) < 4.78 is 1.85. The van der Waals surface area contributed by atoms with Crippen molar-refractivity contribution in [3.8, 4) is 0 Å². The molecule has 14 heavy (non-hydrogen) atoms. The molecule has 0 aliphatic rings. The smallest absolute Gasteiger partial charge is 0.162 e. The number of hydrogen-bond donors (Lipinski definition) is 0. The minimum Gasteiger partial charge on any atom is -0.247 e. The van der Waals surface area contributed by atoms with Gasteiger partial charge in [-0.1, -0.05) is 25.4 Å². The standard InChI is InChI=1S/C9H11ClN4/c1-6(2)4-14-9-7(3-13-14)8(10)11-5-12-9/h3,5-6H,4H2,1-2H3. The number of hydrogen-bond acceptors (Lipinski definition) is 3. The number of aromatic nitrogens is 4. The Morgan fingerprint density at radius 2 is 2.21 bits per heavy atom. The maximum absolute atomic E-state index is 5.90. The second-order valence-corrected chi connectivity index (χ2v) is 3.98. The van der Waals surface area contributed by atoms with Gasteiger partial charge >= 0.3 is 0 Å². The first-order chi connectivity index (χ1) is 6.68. The van der Waals surface area contributed by atoms with E-state index in [1.807, 2.05) is 4.68 Å². The van der Waals surface area contributed by atoms with Crippen molar-refractivity contribution in [2.75, 3.05) is 0 Å². The first-order valence-corrected chi connectivity index (χ1v) is 4.88. The van der Waals surface area contributed by atoms with Crippen molar-refractivity contribution in [1.82, 2.24) is 19.7 Å². The van der Waals surface area contributed by atoms with E-state index in [9.17, 15) is 0 Å². The zero-order chi connectivity index (χ0) is 10.1. The molecule has 2 heterocycles. The van der Waals surface area contributed by atoms with Crippen LogP contribution in [0.1, 0.15) is 13.8 Å². The molecule has 0 atom stereocenters. The second-order valence-electron chi connectivity index (χ2n) is 3.62. The highest BCUT2D eigenvalue weighted by Crippen LogP contribution is 2.18. The SMILES string of the molecule is CC(C)Cn1ncc2c(Cl)ncnc21. The summed E-state index contributed by atoms with van der Waals surface area (Å²) in [6.07, 6.45) is 3.17. The molecule has 74 valence electrons. The third-order valence-corrected chi connectivity index (χ3v) is 2.22. The van der Waals surface area contributed by atoms with Crippen LogP contribution in [0.25, 0.3) is 11.0 Å². The Labute approximate surface area is 86.9 Å². The third kappa shape index (κ3) is 1.57. The van der Waals surface area contributed by atoms with Crippen molar-refractivity contribution in [3.05, 3.63) is 17.7 Å². The van der Waals surface area contributed by atoms with E-state index in [1.165, 1.54) is 6.33 Å². The van der Waals surface area contributed by atoms with Crippen LogP contribution in [0.5, 0.6) is 0 Å². The third-order valence-electron chi connectivity index (χ3n) is 1.92. The van der Waals surface area contributed by atoms with E-state index in [4.69, 9.17) is 11.6 Å². The molecule has 2 rings (SSSR count). The fourth-order valence-corrected chi connectivity index (χ4v) is 1.52. The Kier molecular flexibility index (Phi) is 2.37. The fraction of sp³-hybridized carbons (Fsp3) is 0.444. The Hall–Kier alpha value is -1.16. The van der Waals surface area contributed by atoms with Crippen LogP contribution in [0.3, 0.4) is 0 Å². The van der Waals surface area contributed by atoms with E-state index < -0.39 is 0 Å². The van der Waals surface area contributed by atoms with Crippen molar-refractivity contribution in [3.63, 3.8) is 0 Å².